The van der Waals surface area contributed by atoms with Crippen LogP contribution in [0.2, 0.25) is 0 Å². The van der Waals surface area contributed by atoms with E-state index in [0.29, 0.717) is 11.1 Å². The molecule has 0 N–H and O–H groups in total. The molecule has 0 heterocycles. The van der Waals surface area contributed by atoms with Crippen LogP contribution in [-0.4, -0.2) is 12.1 Å². The monoisotopic (exact) mass is 402 g/mol. The SMILES string of the molecule is CCc1ccc(/C(=C(/c2ccccc2)C(F)(F)C(F)(F)F)c2ccccc2)cc1. The van der Waals surface area contributed by atoms with E-state index in [4.69, 9.17) is 0 Å². The second-order valence-electron chi connectivity index (χ2n) is 6.60. The van der Waals surface area contributed by atoms with Gasteiger partial charge < -0.3 is 0 Å². The summed E-state index contributed by atoms with van der Waals surface area (Å²) in [6.45, 7) is 1.94. The highest BCUT2D eigenvalue weighted by atomic mass is 19.4. The lowest BCUT2D eigenvalue weighted by molar-refractivity contribution is -0.253. The first-order valence-corrected chi connectivity index (χ1v) is 9.15. The fraction of sp³-hybridized carbons (Fsp3) is 0.167. The number of alkyl halides is 5. The van der Waals surface area contributed by atoms with Crippen LogP contribution in [-0.2, 0) is 6.42 Å². The minimum absolute atomic E-state index is 0.137. The molecule has 0 aromatic heterocycles. The van der Waals surface area contributed by atoms with E-state index in [1.807, 2.05) is 6.92 Å². The summed E-state index contributed by atoms with van der Waals surface area (Å²) in [4.78, 5) is 0. The molecule has 3 rings (SSSR count). The van der Waals surface area contributed by atoms with Gasteiger partial charge in [0.1, 0.15) is 0 Å². The van der Waals surface area contributed by atoms with Gasteiger partial charge in [-0.15, -0.1) is 0 Å². The molecule has 0 saturated heterocycles. The average molecular weight is 402 g/mol. The zero-order chi connectivity index (χ0) is 21.1. The van der Waals surface area contributed by atoms with E-state index in [-0.39, 0.29) is 11.1 Å². The molecule has 0 fully saturated rings. The van der Waals surface area contributed by atoms with Crippen LogP contribution in [0.1, 0.15) is 29.2 Å². The zero-order valence-corrected chi connectivity index (χ0v) is 15.7. The van der Waals surface area contributed by atoms with Crippen molar-refractivity contribution in [3.8, 4) is 0 Å². The van der Waals surface area contributed by atoms with Gasteiger partial charge in [-0.05, 0) is 34.2 Å². The third-order valence-electron chi connectivity index (χ3n) is 4.70. The molecule has 0 aliphatic heterocycles. The molecule has 0 radical (unpaired) electrons. The van der Waals surface area contributed by atoms with Crippen LogP contribution in [0.3, 0.4) is 0 Å². The molecule has 5 heteroatoms. The first kappa shape index (κ1) is 20.8. The zero-order valence-electron chi connectivity index (χ0n) is 15.7. The Morgan fingerprint density at radius 3 is 1.52 bits per heavy atom. The van der Waals surface area contributed by atoms with Crippen LogP contribution >= 0.6 is 0 Å². The summed E-state index contributed by atoms with van der Waals surface area (Å²) in [5, 5.41) is 0. The summed E-state index contributed by atoms with van der Waals surface area (Å²) >= 11 is 0. The Balaban J connectivity index is 2.42. The van der Waals surface area contributed by atoms with E-state index in [0.717, 1.165) is 12.0 Å². The second kappa shape index (κ2) is 8.19. The minimum Gasteiger partial charge on any atom is -0.191 e. The molecule has 0 nitrogen and oxygen atoms in total. The predicted molar refractivity (Wildman–Crippen MR) is 106 cm³/mol. The number of rotatable bonds is 5. The fourth-order valence-electron chi connectivity index (χ4n) is 3.20. The predicted octanol–water partition coefficient (Wildman–Crippen LogP) is 7.41. The van der Waals surface area contributed by atoms with E-state index >= 15 is 0 Å². The molecule has 0 unspecified atom stereocenters. The maximum atomic E-state index is 14.9. The largest absolute Gasteiger partial charge is 0.458 e. The highest BCUT2D eigenvalue weighted by Gasteiger charge is 2.61. The Labute approximate surface area is 166 Å². The molecule has 0 aliphatic rings. The van der Waals surface area contributed by atoms with Gasteiger partial charge in [-0.2, -0.15) is 22.0 Å². The maximum Gasteiger partial charge on any atom is 0.458 e. The fourth-order valence-corrected chi connectivity index (χ4v) is 3.20. The van der Waals surface area contributed by atoms with E-state index in [2.05, 4.69) is 0 Å². The van der Waals surface area contributed by atoms with Gasteiger partial charge in [0.2, 0.25) is 0 Å². The maximum absolute atomic E-state index is 14.9. The van der Waals surface area contributed by atoms with Crippen LogP contribution in [0.15, 0.2) is 84.9 Å². The first-order valence-electron chi connectivity index (χ1n) is 9.15. The third kappa shape index (κ3) is 4.24. The van der Waals surface area contributed by atoms with Gasteiger partial charge in [0.25, 0.3) is 0 Å². The molecule has 0 spiro atoms. The Hall–Kier alpha value is -2.95. The summed E-state index contributed by atoms with van der Waals surface area (Å²) < 4.78 is 70.2. The lowest BCUT2D eigenvalue weighted by atomic mass is 9.85. The van der Waals surface area contributed by atoms with Crippen molar-refractivity contribution >= 4 is 11.1 Å². The summed E-state index contributed by atoms with van der Waals surface area (Å²) in [6, 6.07) is 21.7. The highest BCUT2D eigenvalue weighted by molar-refractivity contribution is 6.01. The van der Waals surface area contributed by atoms with E-state index in [1.54, 1.807) is 60.7 Å². The van der Waals surface area contributed by atoms with Crippen LogP contribution in [0.5, 0.6) is 0 Å². The van der Waals surface area contributed by atoms with Crippen LogP contribution < -0.4 is 0 Å². The third-order valence-corrected chi connectivity index (χ3v) is 4.70. The Bertz CT molecular complexity index is 969. The Kier molecular flexibility index (Phi) is 5.87. The van der Waals surface area contributed by atoms with Crippen molar-refractivity contribution < 1.29 is 22.0 Å². The molecular formula is C24H19F5. The van der Waals surface area contributed by atoms with Crippen molar-refractivity contribution in [3.63, 3.8) is 0 Å². The lowest BCUT2D eigenvalue weighted by Crippen LogP contribution is -2.38. The first-order chi connectivity index (χ1) is 13.8. The van der Waals surface area contributed by atoms with Crippen molar-refractivity contribution in [1.29, 1.82) is 0 Å². The van der Waals surface area contributed by atoms with E-state index in [1.165, 1.54) is 24.3 Å². The molecular weight excluding hydrogens is 383 g/mol. The summed E-state index contributed by atoms with van der Waals surface area (Å²) in [5.74, 6) is -5.04. The van der Waals surface area contributed by atoms with Gasteiger partial charge in [-0.25, -0.2) is 0 Å². The normalized spacial score (nSPS) is 13.2. The Morgan fingerprint density at radius 2 is 1.07 bits per heavy atom. The molecule has 29 heavy (non-hydrogen) atoms. The van der Waals surface area contributed by atoms with Crippen molar-refractivity contribution in [2.24, 2.45) is 0 Å². The highest BCUT2D eigenvalue weighted by Crippen LogP contribution is 2.49. The molecule has 0 bridgehead atoms. The number of aryl methyl sites for hydroxylation is 1. The van der Waals surface area contributed by atoms with Gasteiger partial charge in [0.15, 0.2) is 0 Å². The molecule has 0 atom stereocenters. The van der Waals surface area contributed by atoms with Crippen molar-refractivity contribution in [1.82, 2.24) is 0 Å². The van der Waals surface area contributed by atoms with E-state index in [9.17, 15) is 22.0 Å². The quantitative estimate of drug-likeness (QED) is 0.308. The van der Waals surface area contributed by atoms with Gasteiger partial charge in [-0.3, -0.25) is 0 Å². The minimum atomic E-state index is -5.73. The number of benzene rings is 3. The summed E-state index contributed by atoms with van der Waals surface area (Å²) in [7, 11) is 0. The van der Waals surface area contributed by atoms with Gasteiger partial charge >= 0.3 is 12.1 Å². The standard InChI is InChI=1S/C24H19F5/c1-2-17-13-15-19(16-14-17)21(18-9-5-3-6-10-18)22(20-11-7-4-8-12-20)23(25,26)24(27,28)29/h3-16H,2H2,1H3/b22-21-. The molecule has 0 amide bonds. The molecule has 0 saturated carbocycles. The lowest BCUT2D eigenvalue weighted by Gasteiger charge is -2.27. The number of halogens is 5. The van der Waals surface area contributed by atoms with Crippen molar-refractivity contribution in [2.45, 2.75) is 25.4 Å². The molecule has 150 valence electrons. The van der Waals surface area contributed by atoms with Gasteiger partial charge in [-0.1, -0.05) is 91.9 Å². The number of hydrogen-bond donors (Lipinski definition) is 0. The summed E-state index contributed by atoms with van der Waals surface area (Å²) in [6.07, 6.45) is -5.00. The van der Waals surface area contributed by atoms with E-state index < -0.39 is 17.7 Å². The van der Waals surface area contributed by atoms with Crippen LogP contribution in [0, 0.1) is 0 Å². The molecule has 0 aliphatic carbocycles. The molecule has 3 aromatic rings. The van der Waals surface area contributed by atoms with Gasteiger partial charge in [0.05, 0.1) is 0 Å². The van der Waals surface area contributed by atoms with Crippen LogP contribution in [0.4, 0.5) is 22.0 Å². The summed E-state index contributed by atoms with van der Waals surface area (Å²) in [5.41, 5.74) is 0.191. The van der Waals surface area contributed by atoms with Crippen molar-refractivity contribution in [3.05, 3.63) is 107 Å². The van der Waals surface area contributed by atoms with Gasteiger partial charge in [0, 0.05) is 5.57 Å². The number of allylic oxidation sites excluding steroid dienone is 1. The average Bonchev–Trinajstić information content (AvgIpc) is 2.72. The molecule has 3 aromatic carbocycles. The van der Waals surface area contributed by atoms with Crippen molar-refractivity contribution in [2.75, 3.05) is 0 Å². The number of hydrogen-bond acceptors (Lipinski definition) is 0. The smallest absolute Gasteiger partial charge is 0.191 e. The topological polar surface area (TPSA) is 0 Å². The second-order valence-corrected chi connectivity index (χ2v) is 6.60. The van der Waals surface area contributed by atoms with Crippen LogP contribution in [0.25, 0.3) is 11.1 Å². The Morgan fingerprint density at radius 1 is 0.621 bits per heavy atom.